The Morgan fingerprint density at radius 2 is 2.07 bits per heavy atom. The van der Waals surface area contributed by atoms with Gasteiger partial charge in [0.25, 0.3) is 0 Å². The molecule has 3 unspecified atom stereocenters. The summed E-state index contributed by atoms with van der Waals surface area (Å²) >= 11 is 0. The van der Waals surface area contributed by atoms with Crippen molar-refractivity contribution in [2.75, 3.05) is 6.61 Å². The molecule has 4 rings (SSSR count). The zero-order valence-electron chi connectivity index (χ0n) is 18.2. The molecular formula is C25H31NO4. The predicted octanol–water partition coefficient (Wildman–Crippen LogP) is 4.55. The fraction of sp³-hybridized carbons (Fsp3) is 0.480. The molecule has 5 nitrogen and oxygen atoms in total. The summed E-state index contributed by atoms with van der Waals surface area (Å²) in [4.78, 5) is 11.2. The lowest BCUT2D eigenvalue weighted by atomic mass is 9.87. The van der Waals surface area contributed by atoms with E-state index in [0.717, 1.165) is 29.9 Å². The lowest BCUT2D eigenvalue weighted by Gasteiger charge is -2.21. The van der Waals surface area contributed by atoms with Gasteiger partial charge in [-0.15, -0.1) is 0 Å². The van der Waals surface area contributed by atoms with E-state index in [2.05, 4.69) is 45.1 Å². The molecule has 30 heavy (non-hydrogen) atoms. The van der Waals surface area contributed by atoms with Crippen LogP contribution in [0.15, 0.2) is 70.3 Å². The van der Waals surface area contributed by atoms with Crippen LogP contribution in [0, 0.1) is 11.3 Å². The minimum absolute atomic E-state index is 0.0369. The van der Waals surface area contributed by atoms with E-state index < -0.39 is 11.5 Å². The fourth-order valence-corrected chi connectivity index (χ4v) is 4.87. The van der Waals surface area contributed by atoms with Crippen LogP contribution in [0.25, 0.3) is 0 Å². The minimum Gasteiger partial charge on any atom is -0.493 e. The number of hydrogen-bond donors (Lipinski definition) is 2. The summed E-state index contributed by atoms with van der Waals surface area (Å²) in [5, 5.41) is 9.23. The van der Waals surface area contributed by atoms with Gasteiger partial charge in [0.05, 0.1) is 18.6 Å². The van der Waals surface area contributed by atoms with Gasteiger partial charge < -0.3 is 20.3 Å². The van der Waals surface area contributed by atoms with Crippen LogP contribution in [0.3, 0.4) is 0 Å². The summed E-state index contributed by atoms with van der Waals surface area (Å²) in [6.45, 7) is 8.73. The van der Waals surface area contributed by atoms with E-state index in [1.165, 1.54) is 16.7 Å². The largest absolute Gasteiger partial charge is 0.493 e. The maximum atomic E-state index is 11.2. The second-order valence-electron chi connectivity index (χ2n) is 9.69. The van der Waals surface area contributed by atoms with Crippen molar-refractivity contribution in [2.45, 2.75) is 58.6 Å². The summed E-state index contributed by atoms with van der Waals surface area (Å²) in [5.74, 6) is 0.567. The van der Waals surface area contributed by atoms with Gasteiger partial charge in [0.1, 0.15) is 17.6 Å². The van der Waals surface area contributed by atoms with Crippen molar-refractivity contribution in [3.8, 4) is 0 Å². The van der Waals surface area contributed by atoms with Crippen molar-refractivity contribution in [3.63, 3.8) is 0 Å². The third-order valence-electron chi connectivity index (χ3n) is 6.16. The van der Waals surface area contributed by atoms with Gasteiger partial charge in [-0.3, -0.25) is 4.79 Å². The second-order valence-corrected chi connectivity index (χ2v) is 9.69. The first kappa shape index (κ1) is 20.7. The number of carboxylic acid groups (broad SMARTS) is 1. The van der Waals surface area contributed by atoms with E-state index in [4.69, 9.17) is 15.2 Å². The van der Waals surface area contributed by atoms with E-state index in [1.807, 2.05) is 19.1 Å². The molecule has 5 heteroatoms. The van der Waals surface area contributed by atoms with Gasteiger partial charge in [-0.05, 0) is 55.1 Å². The van der Waals surface area contributed by atoms with Crippen LogP contribution in [0.4, 0.5) is 0 Å². The monoisotopic (exact) mass is 409 g/mol. The average Bonchev–Trinajstić information content (AvgIpc) is 3.09. The molecule has 0 radical (unpaired) electrons. The molecular weight excluding hydrogens is 378 g/mol. The number of carboxylic acids is 1. The van der Waals surface area contributed by atoms with Crippen LogP contribution >= 0.6 is 0 Å². The third-order valence-corrected chi connectivity index (χ3v) is 6.16. The molecule has 0 saturated carbocycles. The van der Waals surface area contributed by atoms with Gasteiger partial charge in [0.15, 0.2) is 0 Å². The number of allylic oxidation sites excluding steroid dienone is 6. The Hall–Kier alpha value is -2.53. The van der Waals surface area contributed by atoms with Crippen molar-refractivity contribution in [3.05, 3.63) is 70.3 Å². The maximum absolute atomic E-state index is 11.2. The Bertz CT molecular complexity index is 956. The van der Waals surface area contributed by atoms with E-state index in [1.54, 1.807) is 0 Å². The lowest BCUT2D eigenvalue weighted by Crippen LogP contribution is -2.31. The Balaban J connectivity index is 1.61. The molecule has 3 atom stereocenters. The van der Waals surface area contributed by atoms with Gasteiger partial charge in [0, 0.05) is 17.4 Å². The number of carbonyl (C=O) groups is 1. The molecule has 0 aromatic rings. The fourth-order valence-electron chi connectivity index (χ4n) is 4.87. The molecule has 0 bridgehead atoms. The Morgan fingerprint density at radius 1 is 1.30 bits per heavy atom. The molecule has 1 saturated heterocycles. The SMILES string of the molecule is CC1=CC(C)(N)C=CC2=C1CCC2OC1=CC(C)(C)C=C2C(=C1)OCC2CC(=O)O. The normalized spacial score (nSPS) is 32.0. The molecule has 160 valence electrons. The summed E-state index contributed by atoms with van der Waals surface area (Å²) in [6.07, 6.45) is 14.4. The zero-order chi connectivity index (χ0) is 21.7. The summed E-state index contributed by atoms with van der Waals surface area (Å²) in [5.41, 5.74) is 10.3. The zero-order valence-corrected chi connectivity index (χ0v) is 18.2. The lowest BCUT2D eigenvalue weighted by molar-refractivity contribution is -0.137. The van der Waals surface area contributed by atoms with Crippen molar-refractivity contribution in [1.29, 1.82) is 0 Å². The highest BCUT2D eigenvalue weighted by Crippen LogP contribution is 2.42. The van der Waals surface area contributed by atoms with Crippen LogP contribution < -0.4 is 5.73 Å². The minimum atomic E-state index is -0.807. The highest BCUT2D eigenvalue weighted by molar-refractivity contribution is 5.68. The molecule has 0 spiro atoms. The van der Waals surface area contributed by atoms with Gasteiger partial charge in [-0.2, -0.15) is 0 Å². The van der Waals surface area contributed by atoms with E-state index in [-0.39, 0.29) is 23.9 Å². The maximum Gasteiger partial charge on any atom is 0.304 e. The smallest absolute Gasteiger partial charge is 0.304 e. The molecule has 1 heterocycles. The van der Waals surface area contributed by atoms with Gasteiger partial charge in [-0.1, -0.05) is 38.2 Å². The number of nitrogens with two attached hydrogens (primary N) is 1. The van der Waals surface area contributed by atoms with Crippen molar-refractivity contribution in [2.24, 2.45) is 17.1 Å². The Kier molecular flexibility index (Phi) is 5.05. The molecule has 0 aromatic heterocycles. The molecule has 0 aromatic carbocycles. The van der Waals surface area contributed by atoms with Crippen LogP contribution in [0.5, 0.6) is 0 Å². The van der Waals surface area contributed by atoms with Crippen molar-refractivity contribution < 1.29 is 19.4 Å². The van der Waals surface area contributed by atoms with Crippen LogP contribution in [-0.2, 0) is 14.3 Å². The second kappa shape index (κ2) is 7.31. The molecule has 3 aliphatic carbocycles. The van der Waals surface area contributed by atoms with E-state index >= 15 is 0 Å². The van der Waals surface area contributed by atoms with Gasteiger partial charge in [0.2, 0.25) is 0 Å². The average molecular weight is 410 g/mol. The molecule has 1 aliphatic heterocycles. The van der Waals surface area contributed by atoms with Crippen LogP contribution in [0.1, 0.15) is 47.0 Å². The number of ether oxygens (including phenoxy) is 2. The van der Waals surface area contributed by atoms with E-state index in [9.17, 15) is 9.90 Å². The van der Waals surface area contributed by atoms with Crippen LogP contribution in [0.2, 0.25) is 0 Å². The first-order chi connectivity index (χ1) is 14.0. The first-order valence-corrected chi connectivity index (χ1v) is 10.6. The number of hydrogen-bond acceptors (Lipinski definition) is 4. The van der Waals surface area contributed by atoms with Crippen LogP contribution in [-0.4, -0.2) is 29.3 Å². The van der Waals surface area contributed by atoms with Gasteiger partial charge >= 0.3 is 5.97 Å². The first-order valence-electron chi connectivity index (χ1n) is 10.6. The highest BCUT2D eigenvalue weighted by atomic mass is 16.5. The number of aliphatic carboxylic acids is 1. The van der Waals surface area contributed by atoms with Gasteiger partial charge in [-0.25, -0.2) is 0 Å². The summed E-state index contributed by atoms with van der Waals surface area (Å²) in [7, 11) is 0. The third kappa shape index (κ3) is 4.17. The van der Waals surface area contributed by atoms with Crippen molar-refractivity contribution in [1.82, 2.24) is 0 Å². The Labute approximate surface area is 178 Å². The quantitative estimate of drug-likeness (QED) is 0.712. The number of rotatable bonds is 4. The number of fused-ring (bicyclic) bond motifs is 1. The molecule has 1 fully saturated rings. The molecule has 4 aliphatic rings. The Morgan fingerprint density at radius 3 is 2.80 bits per heavy atom. The highest BCUT2D eigenvalue weighted by Gasteiger charge is 2.35. The van der Waals surface area contributed by atoms with E-state index in [0.29, 0.717) is 6.61 Å². The standard InChI is InChI=1S/C25H31NO4/c1-15-11-25(4,26)8-7-19-18(15)5-6-21(19)30-17-10-22-20(13-24(2,3)12-17)16(14-29-22)9-23(27)28/h7-8,10-13,16,21H,5-6,9,14,26H2,1-4H3,(H,27,28). The molecule has 0 amide bonds. The summed E-state index contributed by atoms with van der Waals surface area (Å²) < 4.78 is 12.4. The predicted molar refractivity (Wildman–Crippen MR) is 116 cm³/mol. The van der Waals surface area contributed by atoms with Crippen molar-refractivity contribution >= 4 is 5.97 Å². The topological polar surface area (TPSA) is 81.8 Å². The molecule has 3 N–H and O–H groups in total. The summed E-state index contributed by atoms with van der Waals surface area (Å²) in [6, 6.07) is 0.